The van der Waals surface area contributed by atoms with E-state index < -0.39 is 23.8 Å². The van der Waals surface area contributed by atoms with E-state index in [0.717, 1.165) is 34.2 Å². The molecule has 3 aromatic rings. The van der Waals surface area contributed by atoms with Crippen molar-refractivity contribution < 1.29 is 19.1 Å². The van der Waals surface area contributed by atoms with Crippen LogP contribution in [0, 0.1) is 20.8 Å². The number of unbranched alkanes of at least 4 members (excludes halogenated alkanes) is 1. The predicted molar refractivity (Wildman–Crippen MR) is 168 cm³/mol. The zero-order valence-electron chi connectivity index (χ0n) is 26.0. The summed E-state index contributed by atoms with van der Waals surface area (Å²) in [6, 6.07) is 21.1. The van der Waals surface area contributed by atoms with Crippen LogP contribution >= 0.6 is 0 Å². The molecule has 7 heteroatoms. The number of benzene rings is 3. The molecule has 2 unspecified atom stereocenters. The number of alkyl carbamates (subject to hydrolysis) is 1. The molecule has 3 rings (SSSR count). The molecule has 0 saturated heterocycles. The van der Waals surface area contributed by atoms with E-state index in [9.17, 15) is 14.4 Å². The Kier molecular flexibility index (Phi) is 11.3. The third-order valence-electron chi connectivity index (χ3n) is 7.09. The van der Waals surface area contributed by atoms with E-state index in [4.69, 9.17) is 4.74 Å². The summed E-state index contributed by atoms with van der Waals surface area (Å²) in [6.07, 6.45) is 1.08. The van der Waals surface area contributed by atoms with Gasteiger partial charge < -0.3 is 20.3 Å². The Morgan fingerprint density at radius 3 is 2.02 bits per heavy atom. The van der Waals surface area contributed by atoms with Crippen molar-refractivity contribution >= 4 is 23.6 Å². The van der Waals surface area contributed by atoms with Crippen LogP contribution in [-0.2, 0) is 20.7 Å². The monoisotopic (exact) mass is 571 g/mol. The minimum atomic E-state index is -0.947. The number of anilines is 1. The van der Waals surface area contributed by atoms with Crippen molar-refractivity contribution in [1.82, 2.24) is 10.2 Å². The first kappa shape index (κ1) is 32.4. The van der Waals surface area contributed by atoms with E-state index in [0.29, 0.717) is 18.7 Å². The lowest BCUT2D eigenvalue weighted by Crippen LogP contribution is -2.53. The Balaban J connectivity index is 2.11. The number of carbonyl (C=O) groups excluding carboxylic acids is 3. The second kappa shape index (κ2) is 14.7. The second-order valence-corrected chi connectivity index (χ2v) is 11.8. The van der Waals surface area contributed by atoms with Gasteiger partial charge in [-0.1, -0.05) is 80.1 Å². The summed E-state index contributed by atoms with van der Waals surface area (Å²) in [5, 5.41) is 5.92. The van der Waals surface area contributed by atoms with Crippen LogP contribution in [0.3, 0.4) is 0 Å². The molecular formula is C35H45N3O4. The highest BCUT2D eigenvalue weighted by molar-refractivity contribution is 5.99. The van der Waals surface area contributed by atoms with Gasteiger partial charge >= 0.3 is 6.09 Å². The van der Waals surface area contributed by atoms with Crippen LogP contribution in [-0.4, -0.2) is 41.0 Å². The highest BCUT2D eigenvalue weighted by Gasteiger charge is 2.37. The zero-order valence-corrected chi connectivity index (χ0v) is 26.0. The Labute approximate surface area is 250 Å². The summed E-state index contributed by atoms with van der Waals surface area (Å²) < 4.78 is 5.54. The van der Waals surface area contributed by atoms with Gasteiger partial charge in [-0.15, -0.1) is 0 Å². The standard InChI is InChI=1S/C35H45N3O4/c1-8-9-22-38(33(40)29(23-27-19-11-10-12-20-27)37-34(41)42-35(5,6)7)31(30-25(3)17-15-18-26(30)4)32(39)36-28-21-14-13-16-24(28)2/h10-21,29,31H,8-9,22-23H2,1-7H3,(H,36,39)(H,37,41). The summed E-state index contributed by atoms with van der Waals surface area (Å²) in [7, 11) is 0. The minimum absolute atomic E-state index is 0.250. The largest absolute Gasteiger partial charge is 0.444 e. The number of nitrogens with one attached hydrogen (secondary N) is 2. The van der Waals surface area contributed by atoms with Crippen molar-refractivity contribution in [3.63, 3.8) is 0 Å². The van der Waals surface area contributed by atoms with E-state index in [2.05, 4.69) is 10.6 Å². The third-order valence-corrected chi connectivity index (χ3v) is 7.09. The molecule has 0 aliphatic heterocycles. The zero-order chi connectivity index (χ0) is 30.9. The lowest BCUT2D eigenvalue weighted by Gasteiger charge is -2.36. The van der Waals surface area contributed by atoms with Crippen molar-refractivity contribution in [3.8, 4) is 0 Å². The molecule has 0 bridgehead atoms. The fraction of sp³-hybridized carbons (Fsp3) is 0.400. The smallest absolute Gasteiger partial charge is 0.408 e. The Morgan fingerprint density at radius 1 is 0.833 bits per heavy atom. The van der Waals surface area contributed by atoms with Crippen LogP contribution in [0.5, 0.6) is 0 Å². The number of aryl methyl sites for hydroxylation is 3. The van der Waals surface area contributed by atoms with Gasteiger partial charge in [0.2, 0.25) is 5.91 Å². The first-order valence-corrected chi connectivity index (χ1v) is 14.7. The maximum atomic E-state index is 14.6. The van der Waals surface area contributed by atoms with E-state index in [1.165, 1.54) is 0 Å². The minimum Gasteiger partial charge on any atom is -0.444 e. The van der Waals surface area contributed by atoms with Gasteiger partial charge in [0, 0.05) is 18.7 Å². The number of hydrogen-bond donors (Lipinski definition) is 2. The van der Waals surface area contributed by atoms with Crippen LogP contribution in [0.4, 0.5) is 10.5 Å². The molecular weight excluding hydrogens is 526 g/mol. The molecule has 0 aliphatic carbocycles. The summed E-state index contributed by atoms with van der Waals surface area (Å²) in [4.78, 5) is 43.5. The summed E-state index contributed by atoms with van der Waals surface area (Å²) >= 11 is 0. The molecule has 2 N–H and O–H groups in total. The average Bonchev–Trinajstić information content (AvgIpc) is 2.92. The second-order valence-electron chi connectivity index (χ2n) is 11.8. The van der Waals surface area contributed by atoms with Gasteiger partial charge in [0.15, 0.2) is 0 Å². The SMILES string of the molecule is CCCCN(C(=O)C(Cc1ccccc1)NC(=O)OC(C)(C)C)C(C(=O)Nc1ccccc1C)c1c(C)cccc1C. The predicted octanol–water partition coefficient (Wildman–Crippen LogP) is 7.06. The third kappa shape index (κ3) is 8.93. The molecule has 3 amide bonds. The molecule has 0 saturated carbocycles. The number of ether oxygens (including phenoxy) is 1. The van der Waals surface area contributed by atoms with Crippen LogP contribution in [0.2, 0.25) is 0 Å². The Hall–Kier alpha value is -4.13. The van der Waals surface area contributed by atoms with Gasteiger partial charge in [-0.05, 0) is 81.8 Å². The van der Waals surface area contributed by atoms with Gasteiger partial charge in [-0.25, -0.2) is 4.79 Å². The number of para-hydroxylation sites is 1. The average molecular weight is 572 g/mol. The lowest BCUT2D eigenvalue weighted by molar-refractivity contribution is -0.140. The van der Waals surface area contributed by atoms with Crippen molar-refractivity contribution in [2.75, 3.05) is 11.9 Å². The maximum absolute atomic E-state index is 14.6. The first-order valence-electron chi connectivity index (χ1n) is 14.7. The highest BCUT2D eigenvalue weighted by atomic mass is 16.6. The van der Waals surface area contributed by atoms with Crippen LogP contribution < -0.4 is 10.6 Å². The van der Waals surface area contributed by atoms with E-state index >= 15 is 0 Å². The number of rotatable bonds is 11. The topological polar surface area (TPSA) is 87.7 Å². The van der Waals surface area contributed by atoms with Crippen molar-refractivity contribution in [1.29, 1.82) is 0 Å². The molecule has 0 aromatic heterocycles. The normalized spacial score (nSPS) is 12.6. The molecule has 0 aliphatic rings. The number of amides is 3. The molecule has 0 radical (unpaired) electrons. The van der Waals surface area contributed by atoms with E-state index in [1.807, 2.05) is 100 Å². The van der Waals surface area contributed by atoms with E-state index in [-0.39, 0.29) is 18.2 Å². The van der Waals surface area contributed by atoms with Crippen molar-refractivity contribution in [2.45, 2.75) is 85.4 Å². The Morgan fingerprint density at radius 2 is 1.43 bits per heavy atom. The van der Waals surface area contributed by atoms with E-state index in [1.54, 1.807) is 25.7 Å². The fourth-order valence-corrected chi connectivity index (χ4v) is 5.00. The summed E-state index contributed by atoms with van der Waals surface area (Å²) in [6.45, 7) is 13.6. The van der Waals surface area contributed by atoms with Crippen LogP contribution in [0.25, 0.3) is 0 Å². The maximum Gasteiger partial charge on any atom is 0.408 e. The summed E-state index contributed by atoms with van der Waals surface area (Å²) in [5.41, 5.74) is 4.36. The number of hydrogen-bond acceptors (Lipinski definition) is 4. The van der Waals surface area contributed by atoms with Crippen molar-refractivity contribution in [2.24, 2.45) is 0 Å². The van der Waals surface area contributed by atoms with Gasteiger partial charge in [0.05, 0.1) is 0 Å². The van der Waals surface area contributed by atoms with Gasteiger partial charge in [-0.3, -0.25) is 9.59 Å². The lowest BCUT2D eigenvalue weighted by atomic mass is 9.93. The molecule has 224 valence electrons. The summed E-state index contributed by atoms with van der Waals surface area (Å²) in [5.74, 6) is -0.646. The molecule has 3 aromatic carbocycles. The highest BCUT2D eigenvalue weighted by Crippen LogP contribution is 2.31. The number of carbonyl (C=O) groups is 3. The van der Waals surface area contributed by atoms with Gasteiger partial charge in [0.1, 0.15) is 17.7 Å². The molecule has 7 nitrogen and oxygen atoms in total. The molecule has 0 fully saturated rings. The molecule has 0 heterocycles. The molecule has 2 atom stereocenters. The van der Waals surface area contributed by atoms with Crippen LogP contribution in [0.15, 0.2) is 72.8 Å². The fourth-order valence-electron chi connectivity index (χ4n) is 5.00. The van der Waals surface area contributed by atoms with Crippen LogP contribution in [0.1, 0.15) is 74.4 Å². The molecule has 42 heavy (non-hydrogen) atoms. The Bertz CT molecular complexity index is 1340. The quantitative estimate of drug-likeness (QED) is 0.258. The number of nitrogens with zero attached hydrogens (tertiary/aromatic N) is 1. The van der Waals surface area contributed by atoms with Gasteiger partial charge in [0.25, 0.3) is 5.91 Å². The first-order chi connectivity index (χ1) is 19.9. The molecule has 0 spiro atoms. The van der Waals surface area contributed by atoms with Crippen molar-refractivity contribution in [3.05, 3.63) is 101 Å². The van der Waals surface area contributed by atoms with Gasteiger partial charge in [-0.2, -0.15) is 0 Å².